The molecule has 0 aromatic heterocycles. The first-order chi connectivity index (χ1) is 14.3. The molecule has 1 rings (SSSR count). The summed E-state index contributed by atoms with van der Waals surface area (Å²) in [6, 6.07) is 9.07. The second kappa shape index (κ2) is 15.2. The van der Waals surface area contributed by atoms with Gasteiger partial charge in [0.05, 0.1) is 14.1 Å². The molecule has 1 aromatic carbocycles. The van der Waals surface area contributed by atoms with Crippen LogP contribution in [0.15, 0.2) is 36.4 Å². The van der Waals surface area contributed by atoms with E-state index in [1.165, 1.54) is 81.8 Å². The van der Waals surface area contributed by atoms with Crippen LogP contribution >= 0.6 is 0 Å². The van der Waals surface area contributed by atoms with Gasteiger partial charge in [0.25, 0.3) is 0 Å². The lowest BCUT2D eigenvalue weighted by Gasteiger charge is -2.29. The van der Waals surface area contributed by atoms with Gasteiger partial charge in [-0.25, -0.2) is 4.79 Å². The summed E-state index contributed by atoms with van der Waals surface area (Å²) in [4.78, 5) is 11.5. The maximum absolute atomic E-state index is 11.5. The molecule has 1 aromatic rings. The van der Waals surface area contributed by atoms with Crippen molar-refractivity contribution in [2.75, 3.05) is 27.2 Å². The third-order valence-electron chi connectivity index (χ3n) is 5.73. The van der Waals surface area contributed by atoms with Crippen LogP contribution in [-0.4, -0.2) is 37.7 Å². The third-order valence-corrected chi connectivity index (χ3v) is 5.73. The van der Waals surface area contributed by atoms with Gasteiger partial charge in [0.15, 0.2) is 0 Å². The molecule has 0 saturated heterocycles. The van der Waals surface area contributed by atoms with E-state index in [4.69, 9.17) is 4.74 Å². The summed E-state index contributed by atoms with van der Waals surface area (Å²) in [7, 11) is 4.35. The molecule has 3 nitrogen and oxygen atoms in total. The van der Waals surface area contributed by atoms with E-state index < -0.39 is 0 Å². The molecule has 0 aliphatic rings. The Morgan fingerprint density at radius 3 is 1.90 bits per heavy atom. The average molecular weight is 417 g/mol. The van der Waals surface area contributed by atoms with Gasteiger partial charge in [-0.15, -0.1) is 0 Å². The van der Waals surface area contributed by atoms with Gasteiger partial charge in [-0.05, 0) is 25.3 Å². The number of ether oxygens (including phenoxy) is 1. The van der Waals surface area contributed by atoms with Crippen LogP contribution in [0.2, 0.25) is 0 Å². The summed E-state index contributed by atoms with van der Waals surface area (Å²) in [5.41, 5.74) is 3.23. The zero-order valence-corrected chi connectivity index (χ0v) is 20.2. The van der Waals surface area contributed by atoms with Crippen LogP contribution in [0, 0.1) is 0 Å². The Morgan fingerprint density at radius 1 is 0.867 bits per heavy atom. The molecule has 0 amide bonds. The highest BCUT2D eigenvalue weighted by Gasteiger charge is 2.17. The predicted molar refractivity (Wildman–Crippen MR) is 128 cm³/mol. The minimum Gasteiger partial charge on any atom is -0.456 e. The lowest BCUT2D eigenvalue weighted by Crippen LogP contribution is -2.41. The highest BCUT2D eigenvalue weighted by molar-refractivity contribution is 5.86. The number of quaternary nitrogens is 1. The molecule has 0 radical (unpaired) electrons. The van der Waals surface area contributed by atoms with E-state index in [9.17, 15) is 4.79 Å². The SMILES string of the molecule is C=C(C)C(=O)OCC[N+](C)(C)Cc1ccc(CCCCCCCCCCCC)cc1. The van der Waals surface area contributed by atoms with Gasteiger partial charge < -0.3 is 9.22 Å². The molecule has 0 aliphatic carbocycles. The van der Waals surface area contributed by atoms with E-state index in [1.54, 1.807) is 6.92 Å². The average Bonchev–Trinajstić information content (AvgIpc) is 2.70. The molecule has 170 valence electrons. The van der Waals surface area contributed by atoms with Crippen LogP contribution in [0.1, 0.15) is 89.2 Å². The van der Waals surface area contributed by atoms with Gasteiger partial charge in [-0.1, -0.05) is 95.6 Å². The number of carbonyl (C=O) groups excluding carboxylic acids is 1. The van der Waals surface area contributed by atoms with E-state index in [0.717, 1.165) is 17.6 Å². The highest BCUT2D eigenvalue weighted by atomic mass is 16.5. The number of nitrogens with zero attached hydrogens (tertiary/aromatic N) is 1. The molecule has 0 bridgehead atoms. The smallest absolute Gasteiger partial charge is 0.333 e. The molecular formula is C27H46NO2+. The number of esters is 1. The fourth-order valence-electron chi connectivity index (χ4n) is 3.71. The van der Waals surface area contributed by atoms with E-state index in [0.29, 0.717) is 12.2 Å². The summed E-state index contributed by atoms with van der Waals surface area (Å²) in [5, 5.41) is 0. The van der Waals surface area contributed by atoms with Crippen molar-refractivity contribution < 1.29 is 14.0 Å². The predicted octanol–water partition coefficient (Wildman–Crippen LogP) is 6.85. The maximum atomic E-state index is 11.5. The van der Waals surface area contributed by atoms with Crippen molar-refractivity contribution in [3.63, 3.8) is 0 Å². The van der Waals surface area contributed by atoms with Crippen molar-refractivity contribution in [3.8, 4) is 0 Å². The van der Waals surface area contributed by atoms with Crippen LogP contribution in [0.5, 0.6) is 0 Å². The molecule has 0 fully saturated rings. The summed E-state index contributed by atoms with van der Waals surface area (Å²) in [6.45, 7) is 9.73. The summed E-state index contributed by atoms with van der Waals surface area (Å²) >= 11 is 0. The van der Waals surface area contributed by atoms with Crippen molar-refractivity contribution in [1.29, 1.82) is 0 Å². The van der Waals surface area contributed by atoms with E-state index in [2.05, 4.69) is 51.9 Å². The Bertz CT molecular complexity index is 604. The van der Waals surface area contributed by atoms with Gasteiger partial charge in [-0.2, -0.15) is 0 Å². The summed E-state index contributed by atoms with van der Waals surface area (Å²) < 4.78 is 6.04. The van der Waals surface area contributed by atoms with Crippen molar-refractivity contribution in [2.45, 2.75) is 91.0 Å². The fraction of sp³-hybridized carbons (Fsp3) is 0.667. The van der Waals surface area contributed by atoms with Crippen LogP contribution in [-0.2, 0) is 22.5 Å². The lowest BCUT2D eigenvalue weighted by molar-refractivity contribution is -0.903. The standard InChI is InChI=1S/C27H46NO2/c1-6-7-8-9-10-11-12-13-14-15-16-25-17-19-26(20-18-25)23-28(4,5)21-22-30-27(29)24(2)3/h17-20H,2,6-16,21-23H2,1,3-5H3/q+1. The number of aryl methyl sites for hydroxylation is 1. The van der Waals surface area contributed by atoms with E-state index in [-0.39, 0.29) is 5.97 Å². The second-order valence-corrected chi connectivity index (χ2v) is 9.48. The number of likely N-dealkylation sites (N-methyl/N-ethyl adjacent to an activating group) is 1. The van der Waals surface area contributed by atoms with Crippen LogP contribution < -0.4 is 0 Å². The van der Waals surface area contributed by atoms with Crippen molar-refractivity contribution in [3.05, 3.63) is 47.5 Å². The molecule has 0 atom stereocenters. The molecule has 0 saturated carbocycles. The zero-order chi connectivity index (χ0) is 22.2. The minimum absolute atomic E-state index is 0.300. The molecule has 30 heavy (non-hydrogen) atoms. The van der Waals surface area contributed by atoms with Gasteiger partial charge >= 0.3 is 5.97 Å². The number of hydrogen-bond acceptors (Lipinski definition) is 2. The molecule has 0 spiro atoms. The first kappa shape index (κ1) is 26.4. The largest absolute Gasteiger partial charge is 0.456 e. The van der Waals surface area contributed by atoms with Gasteiger partial charge in [-0.3, -0.25) is 0 Å². The number of rotatable bonds is 17. The van der Waals surface area contributed by atoms with Crippen LogP contribution in [0.25, 0.3) is 0 Å². The number of unbranched alkanes of at least 4 members (excludes halogenated alkanes) is 9. The number of hydrogen-bond donors (Lipinski definition) is 0. The topological polar surface area (TPSA) is 26.3 Å². The molecule has 0 heterocycles. The Balaban J connectivity index is 2.18. The first-order valence-corrected chi connectivity index (χ1v) is 12.1. The molecule has 0 unspecified atom stereocenters. The summed E-state index contributed by atoms with van der Waals surface area (Å²) in [5.74, 6) is -0.300. The summed E-state index contributed by atoms with van der Waals surface area (Å²) in [6.07, 6.45) is 15.0. The molecule has 0 N–H and O–H groups in total. The third kappa shape index (κ3) is 12.8. The quantitative estimate of drug-likeness (QED) is 0.120. The Morgan fingerprint density at radius 2 is 1.37 bits per heavy atom. The maximum Gasteiger partial charge on any atom is 0.333 e. The normalized spacial score (nSPS) is 11.5. The molecular weight excluding hydrogens is 370 g/mol. The van der Waals surface area contributed by atoms with Gasteiger partial charge in [0.1, 0.15) is 19.7 Å². The molecule has 3 heteroatoms. The fourth-order valence-corrected chi connectivity index (χ4v) is 3.71. The van der Waals surface area contributed by atoms with Gasteiger partial charge in [0.2, 0.25) is 0 Å². The number of benzene rings is 1. The van der Waals surface area contributed by atoms with Crippen molar-refractivity contribution in [2.24, 2.45) is 0 Å². The highest BCUT2D eigenvalue weighted by Crippen LogP contribution is 2.15. The van der Waals surface area contributed by atoms with Crippen LogP contribution in [0.3, 0.4) is 0 Å². The van der Waals surface area contributed by atoms with Gasteiger partial charge in [0, 0.05) is 11.1 Å². The zero-order valence-electron chi connectivity index (χ0n) is 20.2. The van der Waals surface area contributed by atoms with E-state index >= 15 is 0 Å². The Labute approximate surface area is 186 Å². The monoisotopic (exact) mass is 416 g/mol. The first-order valence-electron chi connectivity index (χ1n) is 12.1. The van der Waals surface area contributed by atoms with Crippen LogP contribution in [0.4, 0.5) is 0 Å². The Hall–Kier alpha value is -1.61. The second-order valence-electron chi connectivity index (χ2n) is 9.48. The number of carbonyl (C=O) groups is 1. The molecule has 0 aliphatic heterocycles. The lowest BCUT2D eigenvalue weighted by atomic mass is 10.0. The minimum atomic E-state index is -0.300. The Kier molecular flexibility index (Phi) is 13.4. The van der Waals surface area contributed by atoms with Crippen molar-refractivity contribution in [1.82, 2.24) is 0 Å². The van der Waals surface area contributed by atoms with Crippen molar-refractivity contribution >= 4 is 5.97 Å². The van der Waals surface area contributed by atoms with E-state index in [1.807, 2.05) is 0 Å².